The molecule has 0 radical (unpaired) electrons. The molecule has 0 fully saturated rings. The molecule has 0 heterocycles. The van der Waals surface area contributed by atoms with E-state index in [1.807, 2.05) is 6.08 Å². The smallest absolute Gasteiger partial charge is 0.305 e. The molecular weight excluding hydrogens is 875 g/mol. The molecule has 6 heteroatoms. The number of nitrogens with one attached hydrogen (secondary N) is 1. The van der Waals surface area contributed by atoms with Gasteiger partial charge in [-0.2, -0.15) is 0 Å². The van der Waals surface area contributed by atoms with E-state index in [-0.39, 0.29) is 18.5 Å². The lowest BCUT2D eigenvalue weighted by Crippen LogP contribution is -2.45. The number of allylic oxidation sites excluding steroid dienone is 7. The predicted molar refractivity (Wildman–Crippen MR) is 310 cm³/mol. The molecule has 2 atom stereocenters. The SMILES string of the molecule is CCCCCC/C=C\C/C=C\CCCCCCCC(=O)OCCCCCCCCCCCCC/C=C\CCCCCCCCCC(=O)NC(CO)C(O)/C=C/CCCCCCCCCCCCCCCC. The van der Waals surface area contributed by atoms with Crippen molar-refractivity contribution in [1.29, 1.82) is 0 Å². The van der Waals surface area contributed by atoms with Crippen molar-refractivity contribution in [3.05, 3.63) is 48.6 Å². The van der Waals surface area contributed by atoms with Crippen molar-refractivity contribution in [3.8, 4) is 0 Å². The molecule has 0 rings (SSSR count). The Hall–Kier alpha value is -2.18. The van der Waals surface area contributed by atoms with Gasteiger partial charge < -0.3 is 20.3 Å². The lowest BCUT2D eigenvalue weighted by molar-refractivity contribution is -0.143. The fourth-order valence-corrected chi connectivity index (χ4v) is 9.48. The third-order valence-corrected chi connectivity index (χ3v) is 14.3. The zero-order valence-corrected chi connectivity index (χ0v) is 47.5. The quantitative estimate of drug-likeness (QED) is 0.0321. The molecular formula is C65H121NO5. The number of unbranched alkanes of at least 4 members (excludes halogenated alkanes) is 41. The molecule has 3 N–H and O–H groups in total. The second-order valence-corrected chi connectivity index (χ2v) is 21.4. The second kappa shape index (κ2) is 60.4. The highest BCUT2D eigenvalue weighted by atomic mass is 16.5. The number of amides is 1. The van der Waals surface area contributed by atoms with Gasteiger partial charge in [-0.15, -0.1) is 0 Å². The van der Waals surface area contributed by atoms with E-state index in [9.17, 15) is 19.8 Å². The average Bonchev–Trinajstić information content (AvgIpc) is 3.37. The van der Waals surface area contributed by atoms with Crippen molar-refractivity contribution in [2.75, 3.05) is 13.2 Å². The summed E-state index contributed by atoms with van der Waals surface area (Å²) >= 11 is 0. The minimum atomic E-state index is -0.850. The van der Waals surface area contributed by atoms with Crippen molar-refractivity contribution in [1.82, 2.24) is 5.32 Å². The Bertz CT molecular complexity index is 1190. The number of hydrogen-bond donors (Lipinski definition) is 3. The molecule has 0 saturated heterocycles. The van der Waals surface area contributed by atoms with E-state index < -0.39 is 12.1 Å². The molecule has 416 valence electrons. The minimum absolute atomic E-state index is 0.00432. The second-order valence-electron chi connectivity index (χ2n) is 21.4. The first kappa shape index (κ1) is 68.8. The van der Waals surface area contributed by atoms with E-state index in [1.54, 1.807) is 6.08 Å². The first-order valence-corrected chi connectivity index (χ1v) is 31.4. The van der Waals surface area contributed by atoms with Crippen LogP contribution in [0.5, 0.6) is 0 Å². The topological polar surface area (TPSA) is 95.9 Å². The zero-order valence-electron chi connectivity index (χ0n) is 47.5. The van der Waals surface area contributed by atoms with Crippen LogP contribution < -0.4 is 5.32 Å². The first-order chi connectivity index (χ1) is 35.0. The van der Waals surface area contributed by atoms with Gasteiger partial charge in [0.05, 0.1) is 25.4 Å². The van der Waals surface area contributed by atoms with Crippen molar-refractivity contribution in [3.63, 3.8) is 0 Å². The first-order valence-electron chi connectivity index (χ1n) is 31.4. The van der Waals surface area contributed by atoms with Gasteiger partial charge in [0.1, 0.15) is 0 Å². The van der Waals surface area contributed by atoms with Crippen molar-refractivity contribution < 1.29 is 24.5 Å². The Morgan fingerprint density at radius 3 is 1.10 bits per heavy atom. The third-order valence-electron chi connectivity index (χ3n) is 14.3. The maximum absolute atomic E-state index is 12.5. The van der Waals surface area contributed by atoms with Crippen LogP contribution in [0.4, 0.5) is 0 Å². The maximum Gasteiger partial charge on any atom is 0.305 e. The molecule has 2 unspecified atom stereocenters. The summed E-state index contributed by atoms with van der Waals surface area (Å²) in [5, 5.41) is 23.1. The van der Waals surface area contributed by atoms with Gasteiger partial charge in [-0.25, -0.2) is 0 Å². The van der Waals surface area contributed by atoms with Gasteiger partial charge in [0.15, 0.2) is 0 Å². The van der Waals surface area contributed by atoms with Crippen LogP contribution in [0.25, 0.3) is 0 Å². The Balaban J connectivity index is 3.45. The van der Waals surface area contributed by atoms with Crippen molar-refractivity contribution in [2.24, 2.45) is 0 Å². The van der Waals surface area contributed by atoms with Crippen molar-refractivity contribution in [2.45, 2.75) is 341 Å². The molecule has 1 amide bonds. The van der Waals surface area contributed by atoms with Crippen LogP contribution in [-0.2, 0) is 14.3 Å². The molecule has 0 bridgehead atoms. The van der Waals surface area contributed by atoms with Crippen molar-refractivity contribution >= 4 is 11.9 Å². The molecule has 0 aromatic heterocycles. The highest BCUT2D eigenvalue weighted by Crippen LogP contribution is 2.16. The van der Waals surface area contributed by atoms with E-state index in [2.05, 4.69) is 55.6 Å². The Labute approximate surface area is 442 Å². The minimum Gasteiger partial charge on any atom is -0.466 e. The molecule has 6 nitrogen and oxygen atoms in total. The fraction of sp³-hybridized carbons (Fsp3) is 0.846. The Morgan fingerprint density at radius 2 is 0.704 bits per heavy atom. The lowest BCUT2D eigenvalue weighted by Gasteiger charge is -2.20. The summed E-state index contributed by atoms with van der Waals surface area (Å²) in [6.45, 7) is 4.88. The molecule has 0 aromatic carbocycles. The van der Waals surface area contributed by atoms with Gasteiger partial charge in [-0.05, 0) is 89.9 Å². The molecule has 0 aliphatic carbocycles. The number of carbonyl (C=O) groups excluding carboxylic acids is 2. The van der Waals surface area contributed by atoms with Crippen LogP contribution in [0, 0.1) is 0 Å². The molecule has 0 spiro atoms. The number of aliphatic hydroxyl groups excluding tert-OH is 2. The predicted octanol–water partition coefficient (Wildman–Crippen LogP) is 19.7. The number of aliphatic hydroxyl groups is 2. The van der Waals surface area contributed by atoms with Gasteiger partial charge in [-0.3, -0.25) is 9.59 Å². The monoisotopic (exact) mass is 996 g/mol. The van der Waals surface area contributed by atoms with Crippen LogP contribution >= 0.6 is 0 Å². The summed E-state index contributed by atoms with van der Waals surface area (Å²) in [6.07, 6.45) is 77.2. The van der Waals surface area contributed by atoms with Gasteiger partial charge in [0, 0.05) is 12.8 Å². The number of esters is 1. The van der Waals surface area contributed by atoms with Gasteiger partial charge in [0.2, 0.25) is 5.91 Å². The molecule has 0 aromatic rings. The average molecular weight is 997 g/mol. The van der Waals surface area contributed by atoms with Crippen LogP contribution in [0.1, 0.15) is 328 Å². The number of rotatable bonds is 58. The van der Waals surface area contributed by atoms with Crippen LogP contribution in [0.2, 0.25) is 0 Å². The summed E-state index contributed by atoms with van der Waals surface area (Å²) < 4.78 is 5.48. The molecule has 0 aliphatic heterocycles. The summed E-state index contributed by atoms with van der Waals surface area (Å²) in [6, 6.07) is -0.634. The fourth-order valence-electron chi connectivity index (χ4n) is 9.48. The Morgan fingerprint density at radius 1 is 0.394 bits per heavy atom. The largest absolute Gasteiger partial charge is 0.466 e. The van der Waals surface area contributed by atoms with Crippen LogP contribution in [-0.4, -0.2) is 47.4 Å². The number of hydrogen-bond acceptors (Lipinski definition) is 5. The van der Waals surface area contributed by atoms with Gasteiger partial charge in [0.25, 0.3) is 0 Å². The summed E-state index contributed by atoms with van der Waals surface area (Å²) in [5.41, 5.74) is 0. The summed E-state index contributed by atoms with van der Waals surface area (Å²) in [7, 11) is 0. The normalized spacial score (nSPS) is 12.9. The zero-order chi connectivity index (χ0) is 51.4. The number of carbonyl (C=O) groups is 2. The van der Waals surface area contributed by atoms with Crippen LogP contribution in [0.3, 0.4) is 0 Å². The molecule has 71 heavy (non-hydrogen) atoms. The van der Waals surface area contributed by atoms with E-state index in [1.165, 1.54) is 244 Å². The van der Waals surface area contributed by atoms with Gasteiger partial charge >= 0.3 is 5.97 Å². The van der Waals surface area contributed by atoms with E-state index in [0.717, 1.165) is 57.8 Å². The van der Waals surface area contributed by atoms with Crippen LogP contribution in [0.15, 0.2) is 48.6 Å². The van der Waals surface area contributed by atoms with E-state index in [0.29, 0.717) is 19.4 Å². The molecule has 0 saturated carbocycles. The highest BCUT2D eigenvalue weighted by Gasteiger charge is 2.18. The lowest BCUT2D eigenvalue weighted by atomic mass is 10.0. The van der Waals surface area contributed by atoms with E-state index in [4.69, 9.17) is 4.74 Å². The van der Waals surface area contributed by atoms with Gasteiger partial charge in [-0.1, -0.05) is 274 Å². The highest BCUT2D eigenvalue weighted by molar-refractivity contribution is 5.76. The summed E-state index contributed by atoms with van der Waals surface area (Å²) in [4.78, 5) is 24.5. The molecule has 0 aliphatic rings. The Kier molecular flexibility index (Phi) is 58.5. The third kappa shape index (κ3) is 57.0. The standard InChI is InChI=1S/C65H121NO5/c1-3-5-7-9-11-13-15-17-19-29-33-37-41-45-49-53-57-63(68)62(61-67)66-64(69)58-54-50-46-42-38-34-30-27-25-23-21-22-24-26-28-32-36-40-44-48-52-56-60-71-65(70)59-55-51-47-43-39-35-31-20-18-16-14-12-10-8-6-4-2/h14,16,20,23,25,31,53,57,62-63,67-68H,3-13,15,17-19,21-22,24,26-30,32-52,54-56,58-61H2,1-2H3,(H,66,69)/b16-14-,25-23-,31-20-,57-53+. The van der Waals surface area contributed by atoms with E-state index >= 15 is 0 Å². The number of ether oxygens (including phenoxy) is 1. The summed E-state index contributed by atoms with van der Waals surface area (Å²) in [5.74, 6) is -0.0786. The maximum atomic E-state index is 12.5.